The van der Waals surface area contributed by atoms with Crippen molar-refractivity contribution < 1.29 is 17.7 Å². The van der Waals surface area contributed by atoms with Crippen LogP contribution in [0, 0.1) is 5.92 Å². The molecule has 5 rings (SSSR count). The van der Waals surface area contributed by atoms with Gasteiger partial charge in [-0.05, 0) is 77.4 Å². The average molecular weight is 437 g/mol. The van der Waals surface area contributed by atoms with Crippen LogP contribution >= 0.6 is 0 Å². The maximum absolute atomic E-state index is 13.2. The molecule has 1 aromatic rings. The zero-order valence-electron chi connectivity index (χ0n) is 17.6. The minimum absolute atomic E-state index is 0.00430. The van der Waals surface area contributed by atoms with Crippen LogP contribution < -0.4 is 5.32 Å². The van der Waals surface area contributed by atoms with Crippen molar-refractivity contribution in [3.63, 3.8) is 0 Å². The summed E-state index contributed by atoms with van der Waals surface area (Å²) in [7, 11) is -1.17. The highest BCUT2D eigenvalue weighted by molar-refractivity contribution is 7.89. The van der Waals surface area contributed by atoms with Gasteiger partial charge in [0.2, 0.25) is 10.0 Å². The van der Waals surface area contributed by atoms with Crippen molar-refractivity contribution >= 4 is 15.9 Å². The highest BCUT2D eigenvalue weighted by atomic mass is 32.2. The Labute approximate surface area is 178 Å². The van der Waals surface area contributed by atoms with E-state index in [0.29, 0.717) is 24.5 Å². The third-order valence-corrected chi connectivity index (χ3v) is 9.48. The summed E-state index contributed by atoms with van der Waals surface area (Å²) in [5.41, 5.74) is 0.335. The molecule has 166 valence electrons. The molecule has 4 aliphatic rings. The summed E-state index contributed by atoms with van der Waals surface area (Å²) in [4.78, 5) is 14.9. The molecule has 0 aromatic carbocycles. The summed E-state index contributed by atoms with van der Waals surface area (Å²) in [6.07, 6.45) is 7.26. The van der Waals surface area contributed by atoms with Crippen LogP contribution in [0.25, 0.3) is 0 Å². The summed E-state index contributed by atoms with van der Waals surface area (Å²) < 4.78 is 33.5. The lowest BCUT2D eigenvalue weighted by Gasteiger charge is -2.39. The number of aromatic nitrogens is 1. The molecule has 30 heavy (non-hydrogen) atoms. The van der Waals surface area contributed by atoms with E-state index in [9.17, 15) is 13.2 Å². The lowest BCUT2D eigenvalue weighted by atomic mass is 9.99. The first-order valence-corrected chi connectivity index (χ1v) is 13.0. The summed E-state index contributed by atoms with van der Waals surface area (Å²) >= 11 is 0. The number of rotatable bonds is 6. The quantitative estimate of drug-likeness (QED) is 0.732. The highest BCUT2D eigenvalue weighted by Gasteiger charge is 2.47. The van der Waals surface area contributed by atoms with Gasteiger partial charge in [-0.25, -0.2) is 8.42 Å². The molecule has 1 amide bonds. The zero-order valence-corrected chi connectivity index (χ0v) is 18.4. The minimum Gasteiger partial charge on any atom is -0.360 e. The first-order chi connectivity index (χ1) is 14.4. The zero-order chi connectivity index (χ0) is 20.9. The number of fused-ring (bicyclic) bond motifs is 2. The monoisotopic (exact) mass is 436 g/mol. The molecule has 1 saturated carbocycles. The number of nitrogens with one attached hydrogen (secondary N) is 1. The third kappa shape index (κ3) is 4.16. The first kappa shape index (κ1) is 20.5. The van der Waals surface area contributed by atoms with Gasteiger partial charge >= 0.3 is 0 Å². The first-order valence-electron chi connectivity index (χ1n) is 11.4. The largest absolute Gasteiger partial charge is 0.360 e. The Kier molecular flexibility index (Phi) is 5.39. The van der Waals surface area contributed by atoms with Crippen LogP contribution in [0.1, 0.15) is 73.5 Å². The van der Waals surface area contributed by atoms with Gasteiger partial charge < -0.3 is 14.7 Å². The van der Waals surface area contributed by atoms with Crippen molar-refractivity contribution in [2.24, 2.45) is 5.92 Å². The average Bonchev–Trinajstić information content (AvgIpc) is 3.35. The molecule has 0 unspecified atom stereocenters. The van der Waals surface area contributed by atoms with Gasteiger partial charge in [0.1, 0.15) is 5.76 Å². The Balaban J connectivity index is 1.19. The molecule has 3 aliphatic heterocycles. The Bertz CT molecular complexity index is 875. The molecule has 8 nitrogen and oxygen atoms in total. The number of hydrogen-bond acceptors (Lipinski definition) is 6. The molecule has 1 aromatic heterocycles. The molecule has 4 fully saturated rings. The molecule has 3 atom stereocenters. The summed E-state index contributed by atoms with van der Waals surface area (Å²) in [5, 5.41) is 7.00. The van der Waals surface area contributed by atoms with Crippen LogP contribution in [0.15, 0.2) is 10.6 Å². The maximum Gasteiger partial charge on any atom is 0.273 e. The smallest absolute Gasteiger partial charge is 0.273 e. The Morgan fingerprint density at radius 2 is 1.80 bits per heavy atom. The van der Waals surface area contributed by atoms with E-state index < -0.39 is 10.0 Å². The van der Waals surface area contributed by atoms with Crippen molar-refractivity contribution in [1.82, 2.24) is 19.7 Å². The summed E-state index contributed by atoms with van der Waals surface area (Å²) in [5.74, 6) is 1.55. The predicted octanol–water partition coefficient (Wildman–Crippen LogP) is 1.95. The van der Waals surface area contributed by atoms with Gasteiger partial charge in [0.05, 0.1) is 5.75 Å². The Hall–Kier alpha value is -1.45. The second-order valence-electron chi connectivity index (χ2n) is 9.77. The standard InChI is InChI=1S/C21H32N4O4S/c1-24-8-6-14(7-9-24)13-30(27,28)25-17-4-5-18(25)11-16(10-17)22-21(26)19-12-20(29-23-19)15-2-3-15/h12,14-18H,2-11,13H2,1H3,(H,22,26)/t16-,17+,18-. The number of carbonyl (C=O) groups is 1. The fraction of sp³-hybridized carbons (Fsp3) is 0.810. The molecular weight excluding hydrogens is 404 g/mol. The van der Waals surface area contributed by atoms with Gasteiger partial charge in [-0.3, -0.25) is 4.79 Å². The molecule has 4 heterocycles. The number of likely N-dealkylation sites (tertiary alicyclic amines) is 1. The number of carbonyl (C=O) groups excluding carboxylic acids is 1. The second kappa shape index (κ2) is 7.91. The lowest BCUT2D eigenvalue weighted by Crippen LogP contribution is -2.53. The van der Waals surface area contributed by atoms with E-state index in [2.05, 4.69) is 22.4 Å². The SMILES string of the molecule is CN1CCC(CS(=O)(=O)N2[C@@H]3CC[C@H]2C[C@@H](NC(=O)c2cc(C4CC4)on2)C3)CC1. The summed E-state index contributed by atoms with van der Waals surface area (Å²) in [6.45, 7) is 1.96. The number of piperidine rings is 2. The maximum atomic E-state index is 13.2. The third-order valence-electron chi connectivity index (χ3n) is 7.35. The molecule has 0 radical (unpaired) electrons. The second-order valence-corrected chi connectivity index (χ2v) is 11.7. The highest BCUT2D eigenvalue weighted by Crippen LogP contribution is 2.41. The van der Waals surface area contributed by atoms with Gasteiger partial charge in [-0.15, -0.1) is 0 Å². The van der Waals surface area contributed by atoms with Gasteiger partial charge in [0, 0.05) is 30.1 Å². The number of hydrogen-bond donors (Lipinski definition) is 1. The van der Waals surface area contributed by atoms with E-state index in [4.69, 9.17) is 4.52 Å². The van der Waals surface area contributed by atoms with Crippen molar-refractivity contribution in [3.8, 4) is 0 Å². The van der Waals surface area contributed by atoms with Crippen molar-refractivity contribution in [2.45, 2.75) is 75.4 Å². The van der Waals surface area contributed by atoms with Gasteiger partial charge in [0.25, 0.3) is 5.91 Å². The van der Waals surface area contributed by atoms with E-state index in [1.54, 1.807) is 10.4 Å². The van der Waals surface area contributed by atoms with Crippen LogP contribution in [0.5, 0.6) is 0 Å². The fourth-order valence-electron chi connectivity index (χ4n) is 5.53. The molecule has 1 N–H and O–H groups in total. The normalized spacial score (nSPS) is 31.2. The van der Waals surface area contributed by atoms with Gasteiger partial charge in [-0.2, -0.15) is 4.31 Å². The Morgan fingerprint density at radius 3 is 2.43 bits per heavy atom. The molecule has 9 heteroatoms. The van der Waals surface area contributed by atoms with Crippen LogP contribution in [0.2, 0.25) is 0 Å². The Morgan fingerprint density at radius 1 is 1.13 bits per heavy atom. The van der Waals surface area contributed by atoms with Gasteiger partial charge in [-0.1, -0.05) is 5.16 Å². The molecule has 2 bridgehead atoms. The number of nitrogens with zero attached hydrogens (tertiary/aromatic N) is 3. The fourth-order valence-corrected chi connectivity index (χ4v) is 7.93. The van der Waals surface area contributed by atoms with E-state index in [1.165, 1.54) is 0 Å². The van der Waals surface area contributed by atoms with E-state index in [0.717, 1.165) is 57.4 Å². The van der Waals surface area contributed by atoms with Crippen LogP contribution in [-0.2, 0) is 10.0 Å². The molecule has 0 spiro atoms. The van der Waals surface area contributed by atoms with E-state index in [-0.39, 0.29) is 35.7 Å². The lowest BCUT2D eigenvalue weighted by molar-refractivity contribution is 0.0900. The van der Waals surface area contributed by atoms with E-state index >= 15 is 0 Å². The molecule has 1 aliphatic carbocycles. The minimum atomic E-state index is -3.26. The predicted molar refractivity (Wildman–Crippen MR) is 112 cm³/mol. The number of amides is 1. The van der Waals surface area contributed by atoms with Crippen LogP contribution in [0.3, 0.4) is 0 Å². The van der Waals surface area contributed by atoms with Gasteiger partial charge in [0.15, 0.2) is 5.69 Å². The van der Waals surface area contributed by atoms with Crippen molar-refractivity contribution in [2.75, 3.05) is 25.9 Å². The molecule has 3 saturated heterocycles. The van der Waals surface area contributed by atoms with Crippen molar-refractivity contribution in [1.29, 1.82) is 0 Å². The van der Waals surface area contributed by atoms with E-state index in [1.807, 2.05) is 0 Å². The van der Waals surface area contributed by atoms with Crippen LogP contribution in [0.4, 0.5) is 0 Å². The number of sulfonamides is 1. The topological polar surface area (TPSA) is 95.8 Å². The van der Waals surface area contributed by atoms with Crippen molar-refractivity contribution in [3.05, 3.63) is 17.5 Å². The summed E-state index contributed by atoms with van der Waals surface area (Å²) in [6, 6.07) is 1.75. The van der Waals surface area contributed by atoms with Crippen LogP contribution in [-0.4, -0.2) is 72.7 Å². The molecular formula is C21H32N4O4S.